The molecule has 1 aliphatic heterocycles. The molecule has 2 aromatic carbocycles. The number of nitrogens with zero attached hydrogens (tertiary/aromatic N) is 1. The van der Waals surface area contributed by atoms with E-state index in [1.165, 1.54) is 43.5 Å². The SMILES string of the molecule is CCC(C)/C=C\C[C@H](C)C[C@H](CCCCNC(c1ccc(F)cc1)c1ccc(F)cc1)N1CCOCC1. The Morgan fingerprint density at radius 2 is 1.51 bits per heavy atom. The van der Waals surface area contributed by atoms with E-state index in [2.05, 4.69) is 43.1 Å². The third-order valence-corrected chi connectivity index (χ3v) is 7.60. The molecule has 1 heterocycles. The van der Waals surface area contributed by atoms with Gasteiger partial charge in [-0.15, -0.1) is 0 Å². The zero-order chi connectivity index (χ0) is 26.5. The van der Waals surface area contributed by atoms with Gasteiger partial charge in [0.2, 0.25) is 0 Å². The van der Waals surface area contributed by atoms with Crippen LogP contribution in [0.1, 0.15) is 76.5 Å². The first-order chi connectivity index (χ1) is 18.0. The van der Waals surface area contributed by atoms with E-state index in [1.807, 2.05) is 24.3 Å². The van der Waals surface area contributed by atoms with E-state index in [0.29, 0.717) is 17.9 Å². The smallest absolute Gasteiger partial charge is 0.123 e. The van der Waals surface area contributed by atoms with Crippen molar-refractivity contribution in [2.45, 2.75) is 71.4 Å². The van der Waals surface area contributed by atoms with Crippen LogP contribution in [0.15, 0.2) is 60.7 Å². The quantitative estimate of drug-likeness (QED) is 0.197. The summed E-state index contributed by atoms with van der Waals surface area (Å²) in [6.07, 6.45) is 11.7. The number of ether oxygens (including phenoxy) is 1. The van der Waals surface area contributed by atoms with E-state index in [4.69, 9.17) is 4.74 Å². The van der Waals surface area contributed by atoms with E-state index < -0.39 is 0 Å². The Labute approximate surface area is 223 Å². The molecule has 1 unspecified atom stereocenters. The van der Waals surface area contributed by atoms with Gasteiger partial charge in [-0.3, -0.25) is 4.90 Å². The van der Waals surface area contributed by atoms with Crippen molar-refractivity contribution >= 4 is 0 Å². The number of unbranched alkanes of at least 4 members (excludes halogenated alkanes) is 1. The van der Waals surface area contributed by atoms with E-state index in [-0.39, 0.29) is 17.7 Å². The Kier molecular flexibility index (Phi) is 12.8. The molecule has 5 heteroatoms. The van der Waals surface area contributed by atoms with Gasteiger partial charge in [0.1, 0.15) is 11.6 Å². The van der Waals surface area contributed by atoms with Crippen molar-refractivity contribution in [1.82, 2.24) is 10.2 Å². The predicted molar refractivity (Wildman–Crippen MR) is 150 cm³/mol. The minimum Gasteiger partial charge on any atom is -0.379 e. The molecule has 1 N–H and O–H groups in total. The summed E-state index contributed by atoms with van der Waals surface area (Å²) in [6, 6.07) is 13.7. The van der Waals surface area contributed by atoms with E-state index >= 15 is 0 Å². The minimum atomic E-state index is -0.250. The van der Waals surface area contributed by atoms with Crippen molar-refractivity contribution in [3.05, 3.63) is 83.4 Å². The molecule has 37 heavy (non-hydrogen) atoms. The highest BCUT2D eigenvalue weighted by molar-refractivity contribution is 5.32. The average Bonchev–Trinajstić information content (AvgIpc) is 2.91. The van der Waals surface area contributed by atoms with Gasteiger partial charge >= 0.3 is 0 Å². The monoisotopic (exact) mass is 512 g/mol. The highest BCUT2D eigenvalue weighted by Crippen LogP contribution is 2.24. The van der Waals surface area contributed by atoms with Gasteiger partial charge in [-0.1, -0.05) is 70.0 Å². The molecule has 1 aliphatic rings. The second-order valence-electron chi connectivity index (χ2n) is 10.7. The highest BCUT2D eigenvalue weighted by Gasteiger charge is 2.22. The molecule has 3 rings (SSSR count). The van der Waals surface area contributed by atoms with Gasteiger partial charge in [0, 0.05) is 19.1 Å². The molecule has 3 nitrogen and oxygen atoms in total. The lowest BCUT2D eigenvalue weighted by molar-refractivity contribution is 0.00932. The summed E-state index contributed by atoms with van der Waals surface area (Å²) in [6.45, 7) is 11.5. The number of benzene rings is 2. The third-order valence-electron chi connectivity index (χ3n) is 7.60. The summed E-state index contributed by atoms with van der Waals surface area (Å²) in [5.41, 5.74) is 1.97. The zero-order valence-corrected chi connectivity index (χ0v) is 23.0. The van der Waals surface area contributed by atoms with Crippen LogP contribution >= 0.6 is 0 Å². The minimum absolute atomic E-state index is 0.0893. The van der Waals surface area contributed by atoms with Crippen molar-refractivity contribution in [1.29, 1.82) is 0 Å². The molecular weight excluding hydrogens is 466 g/mol. The van der Waals surface area contributed by atoms with Gasteiger partial charge < -0.3 is 10.1 Å². The Hall–Kier alpha value is -2.08. The number of hydrogen-bond donors (Lipinski definition) is 1. The van der Waals surface area contributed by atoms with E-state index in [0.717, 1.165) is 63.2 Å². The molecule has 2 aromatic rings. The molecule has 1 saturated heterocycles. The summed E-state index contributed by atoms with van der Waals surface area (Å²) in [5.74, 6) is 0.816. The van der Waals surface area contributed by atoms with Crippen LogP contribution in [0.2, 0.25) is 0 Å². The van der Waals surface area contributed by atoms with Gasteiger partial charge in [-0.2, -0.15) is 0 Å². The summed E-state index contributed by atoms with van der Waals surface area (Å²) in [5, 5.41) is 3.64. The number of morpholine rings is 1. The standard InChI is InChI=1S/C32H46F2N2O/c1-4-25(2)8-7-9-26(3)24-31(36-20-22-37-23-21-36)10-5-6-19-35-32(27-11-15-29(33)16-12-27)28-13-17-30(34)18-14-28/h7-8,11-18,25-26,31-32,35H,4-6,9-10,19-24H2,1-3H3/b8-7-/t25?,26-,31-/m0/s1. The largest absolute Gasteiger partial charge is 0.379 e. The second-order valence-corrected chi connectivity index (χ2v) is 10.7. The molecule has 0 aromatic heterocycles. The molecule has 0 spiro atoms. The van der Waals surface area contributed by atoms with Gasteiger partial charge in [-0.05, 0) is 79.5 Å². The van der Waals surface area contributed by atoms with E-state index in [1.54, 1.807) is 0 Å². The summed E-state index contributed by atoms with van der Waals surface area (Å²) in [7, 11) is 0. The lowest BCUT2D eigenvalue weighted by Crippen LogP contribution is -2.44. The molecule has 3 atom stereocenters. The van der Waals surface area contributed by atoms with E-state index in [9.17, 15) is 8.78 Å². The summed E-state index contributed by atoms with van der Waals surface area (Å²) in [4.78, 5) is 2.63. The van der Waals surface area contributed by atoms with Crippen molar-refractivity contribution in [2.24, 2.45) is 11.8 Å². The maximum Gasteiger partial charge on any atom is 0.123 e. The Bertz CT molecular complexity index is 864. The Balaban J connectivity index is 1.53. The number of halogens is 2. The van der Waals surface area contributed by atoms with Crippen molar-refractivity contribution in [3.8, 4) is 0 Å². The molecule has 204 valence electrons. The lowest BCUT2D eigenvalue weighted by atomic mass is 9.93. The summed E-state index contributed by atoms with van der Waals surface area (Å²) >= 11 is 0. The van der Waals surface area contributed by atoms with Crippen molar-refractivity contribution in [2.75, 3.05) is 32.8 Å². The van der Waals surface area contributed by atoms with Crippen LogP contribution in [0, 0.1) is 23.5 Å². The highest BCUT2D eigenvalue weighted by atomic mass is 19.1. The fraction of sp³-hybridized carbons (Fsp3) is 0.562. The molecular formula is C32H46F2N2O. The number of rotatable bonds is 15. The maximum absolute atomic E-state index is 13.5. The second kappa shape index (κ2) is 16.0. The molecule has 1 fully saturated rings. The van der Waals surface area contributed by atoms with Gasteiger partial charge in [0.05, 0.1) is 19.3 Å². The predicted octanol–water partition coefficient (Wildman–Crippen LogP) is 7.53. The number of hydrogen-bond acceptors (Lipinski definition) is 3. The lowest BCUT2D eigenvalue weighted by Gasteiger charge is -2.36. The molecule has 0 aliphatic carbocycles. The van der Waals surface area contributed by atoms with Gasteiger partial charge in [-0.25, -0.2) is 8.78 Å². The van der Waals surface area contributed by atoms with Crippen LogP contribution in [-0.2, 0) is 4.74 Å². The first kappa shape index (κ1) is 29.5. The van der Waals surface area contributed by atoms with Crippen molar-refractivity contribution in [3.63, 3.8) is 0 Å². The van der Waals surface area contributed by atoms with Crippen LogP contribution in [0.3, 0.4) is 0 Å². The zero-order valence-electron chi connectivity index (χ0n) is 23.0. The molecule has 0 saturated carbocycles. The first-order valence-corrected chi connectivity index (χ1v) is 14.2. The van der Waals surface area contributed by atoms with Crippen molar-refractivity contribution < 1.29 is 13.5 Å². The third kappa shape index (κ3) is 10.3. The van der Waals surface area contributed by atoms with Crippen LogP contribution < -0.4 is 5.32 Å². The molecule has 0 radical (unpaired) electrons. The van der Waals surface area contributed by atoms with Gasteiger partial charge in [0.25, 0.3) is 0 Å². The van der Waals surface area contributed by atoms with Crippen LogP contribution in [0.5, 0.6) is 0 Å². The Morgan fingerprint density at radius 1 is 0.919 bits per heavy atom. The van der Waals surface area contributed by atoms with Crippen LogP contribution in [0.4, 0.5) is 8.78 Å². The van der Waals surface area contributed by atoms with Crippen LogP contribution in [-0.4, -0.2) is 43.8 Å². The number of nitrogens with one attached hydrogen (secondary N) is 1. The molecule has 0 bridgehead atoms. The first-order valence-electron chi connectivity index (χ1n) is 14.2. The maximum atomic E-state index is 13.5. The van der Waals surface area contributed by atoms with Gasteiger partial charge in [0.15, 0.2) is 0 Å². The topological polar surface area (TPSA) is 24.5 Å². The fourth-order valence-corrected chi connectivity index (χ4v) is 5.12. The van der Waals surface area contributed by atoms with Crippen LogP contribution in [0.25, 0.3) is 0 Å². The molecule has 0 amide bonds. The number of allylic oxidation sites excluding steroid dienone is 2. The normalized spacial score (nSPS) is 17.4. The summed E-state index contributed by atoms with van der Waals surface area (Å²) < 4.78 is 32.6. The Morgan fingerprint density at radius 3 is 2.08 bits per heavy atom. The average molecular weight is 513 g/mol. The fourth-order valence-electron chi connectivity index (χ4n) is 5.12.